The maximum absolute atomic E-state index is 12.7. The van der Waals surface area contributed by atoms with Crippen LogP contribution in [0.25, 0.3) is 0 Å². The first-order valence-electron chi connectivity index (χ1n) is 8.60. The average Bonchev–Trinajstić information content (AvgIpc) is 3.05. The molecule has 0 radical (unpaired) electrons. The van der Waals surface area contributed by atoms with E-state index < -0.39 is 0 Å². The van der Waals surface area contributed by atoms with Crippen LogP contribution in [0.2, 0.25) is 0 Å². The number of thiophene rings is 1. The Kier molecular flexibility index (Phi) is 5.23. The molecular formula is C20H22N2O3S. The van der Waals surface area contributed by atoms with Gasteiger partial charge in [0.15, 0.2) is 5.78 Å². The van der Waals surface area contributed by atoms with Crippen LogP contribution in [0.3, 0.4) is 0 Å². The monoisotopic (exact) mass is 370 g/mol. The molecule has 1 aliphatic heterocycles. The van der Waals surface area contributed by atoms with Crippen molar-refractivity contribution in [3.05, 3.63) is 51.7 Å². The number of amides is 2. The van der Waals surface area contributed by atoms with Crippen molar-refractivity contribution in [1.29, 1.82) is 0 Å². The molecule has 0 aliphatic carbocycles. The SMILES string of the molecule is CC(=O)c1cc(CC(=O)N2CC(=O)N(c3cccc(C)c3)CC2C)cs1. The van der Waals surface area contributed by atoms with Crippen molar-refractivity contribution < 1.29 is 14.4 Å². The van der Waals surface area contributed by atoms with Gasteiger partial charge in [0.25, 0.3) is 0 Å². The third-order valence-corrected chi connectivity index (χ3v) is 5.66. The highest BCUT2D eigenvalue weighted by atomic mass is 32.1. The van der Waals surface area contributed by atoms with Gasteiger partial charge in [-0.25, -0.2) is 0 Å². The topological polar surface area (TPSA) is 57.7 Å². The molecule has 1 saturated heterocycles. The fourth-order valence-electron chi connectivity index (χ4n) is 3.16. The fraction of sp³-hybridized carbons (Fsp3) is 0.350. The molecule has 0 bridgehead atoms. The lowest BCUT2D eigenvalue weighted by Gasteiger charge is -2.39. The first-order chi connectivity index (χ1) is 12.3. The van der Waals surface area contributed by atoms with E-state index in [4.69, 9.17) is 0 Å². The summed E-state index contributed by atoms with van der Waals surface area (Å²) in [6.45, 7) is 6.03. The minimum absolute atomic E-state index is 0.00372. The highest BCUT2D eigenvalue weighted by Gasteiger charge is 2.33. The van der Waals surface area contributed by atoms with Gasteiger partial charge in [-0.05, 0) is 55.5 Å². The van der Waals surface area contributed by atoms with Crippen molar-refractivity contribution in [3.63, 3.8) is 0 Å². The molecule has 3 rings (SSSR count). The number of ketones is 1. The minimum Gasteiger partial charge on any atom is -0.329 e. The highest BCUT2D eigenvalue weighted by molar-refractivity contribution is 7.12. The maximum Gasteiger partial charge on any atom is 0.246 e. The van der Waals surface area contributed by atoms with Gasteiger partial charge < -0.3 is 9.80 Å². The van der Waals surface area contributed by atoms with E-state index in [2.05, 4.69) is 0 Å². The quantitative estimate of drug-likeness (QED) is 0.777. The van der Waals surface area contributed by atoms with Gasteiger partial charge >= 0.3 is 0 Å². The Balaban J connectivity index is 1.69. The third-order valence-electron chi connectivity index (χ3n) is 4.58. The third kappa shape index (κ3) is 3.85. The Morgan fingerprint density at radius 2 is 2.04 bits per heavy atom. The van der Waals surface area contributed by atoms with Crippen LogP contribution in [0.4, 0.5) is 5.69 Å². The Labute approximate surface area is 157 Å². The maximum atomic E-state index is 12.7. The van der Waals surface area contributed by atoms with Gasteiger partial charge in [-0.3, -0.25) is 14.4 Å². The lowest BCUT2D eigenvalue weighted by molar-refractivity contribution is -0.138. The van der Waals surface area contributed by atoms with E-state index in [0.29, 0.717) is 11.4 Å². The van der Waals surface area contributed by atoms with E-state index in [1.807, 2.05) is 43.5 Å². The van der Waals surface area contributed by atoms with E-state index in [9.17, 15) is 14.4 Å². The molecule has 1 aromatic heterocycles. The smallest absolute Gasteiger partial charge is 0.246 e. The number of carbonyl (C=O) groups is 3. The van der Waals surface area contributed by atoms with Crippen molar-refractivity contribution in [1.82, 2.24) is 4.90 Å². The molecule has 1 aromatic carbocycles. The summed E-state index contributed by atoms with van der Waals surface area (Å²) in [5.41, 5.74) is 2.80. The van der Waals surface area contributed by atoms with E-state index in [0.717, 1.165) is 16.8 Å². The summed E-state index contributed by atoms with van der Waals surface area (Å²) in [5.74, 6) is -0.150. The van der Waals surface area contributed by atoms with Crippen molar-refractivity contribution in [2.45, 2.75) is 33.2 Å². The fourth-order valence-corrected chi connectivity index (χ4v) is 3.97. The molecule has 1 aliphatic rings. The zero-order valence-corrected chi connectivity index (χ0v) is 16.0. The summed E-state index contributed by atoms with van der Waals surface area (Å²) in [4.78, 5) is 40.7. The van der Waals surface area contributed by atoms with Crippen molar-refractivity contribution in [2.24, 2.45) is 0 Å². The summed E-state index contributed by atoms with van der Waals surface area (Å²) >= 11 is 1.35. The summed E-state index contributed by atoms with van der Waals surface area (Å²) in [6, 6.07) is 9.53. The van der Waals surface area contributed by atoms with Crippen LogP contribution in [0.15, 0.2) is 35.7 Å². The number of anilines is 1. The van der Waals surface area contributed by atoms with Crippen LogP contribution >= 0.6 is 11.3 Å². The molecule has 26 heavy (non-hydrogen) atoms. The molecule has 6 heteroatoms. The molecule has 2 aromatic rings. The Bertz CT molecular complexity index is 858. The number of hydrogen-bond donors (Lipinski definition) is 0. The van der Waals surface area contributed by atoms with E-state index in [-0.39, 0.29) is 36.6 Å². The van der Waals surface area contributed by atoms with E-state index in [1.165, 1.54) is 18.3 Å². The van der Waals surface area contributed by atoms with Crippen LogP contribution in [0.1, 0.15) is 34.6 Å². The van der Waals surface area contributed by atoms with Crippen LogP contribution in [-0.4, -0.2) is 41.6 Å². The minimum atomic E-state index is -0.0809. The summed E-state index contributed by atoms with van der Waals surface area (Å²) < 4.78 is 0. The number of piperazine rings is 1. The van der Waals surface area contributed by atoms with Gasteiger partial charge in [-0.2, -0.15) is 0 Å². The Hall–Kier alpha value is -2.47. The Morgan fingerprint density at radius 1 is 1.27 bits per heavy atom. The van der Waals surface area contributed by atoms with Gasteiger partial charge in [0.1, 0.15) is 6.54 Å². The first kappa shape index (κ1) is 18.3. The zero-order valence-electron chi connectivity index (χ0n) is 15.2. The summed E-state index contributed by atoms with van der Waals surface area (Å²) in [7, 11) is 0. The van der Waals surface area contributed by atoms with Crippen LogP contribution in [-0.2, 0) is 16.0 Å². The number of nitrogens with zero attached hydrogens (tertiary/aromatic N) is 2. The second-order valence-corrected chi connectivity index (χ2v) is 7.68. The number of rotatable bonds is 4. The van der Waals surface area contributed by atoms with E-state index >= 15 is 0 Å². The predicted octanol–water partition coefficient (Wildman–Crippen LogP) is 3.07. The first-order valence-corrected chi connectivity index (χ1v) is 9.48. The van der Waals surface area contributed by atoms with Crippen molar-refractivity contribution in [2.75, 3.05) is 18.0 Å². The van der Waals surface area contributed by atoms with Gasteiger partial charge in [-0.1, -0.05) is 12.1 Å². The molecule has 2 heterocycles. The molecule has 0 saturated carbocycles. The number of carbonyl (C=O) groups excluding carboxylic acids is 3. The number of benzene rings is 1. The van der Waals surface area contributed by atoms with Gasteiger partial charge in [-0.15, -0.1) is 11.3 Å². The van der Waals surface area contributed by atoms with Crippen LogP contribution in [0, 0.1) is 6.92 Å². The Morgan fingerprint density at radius 3 is 2.69 bits per heavy atom. The normalized spacial score (nSPS) is 17.5. The molecule has 2 amide bonds. The van der Waals surface area contributed by atoms with Gasteiger partial charge in [0.05, 0.1) is 11.3 Å². The average molecular weight is 370 g/mol. The summed E-state index contributed by atoms with van der Waals surface area (Å²) in [6.07, 6.45) is 0.214. The second kappa shape index (κ2) is 7.41. The second-order valence-electron chi connectivity index (χ2n) is 6.77. The number of aryl methyl sites for hydroxylation is 1. The van der Waals surface area contributed by atoms with Gasteiger partial charge in [0, 0.05) is 18.3 Å². The largest absolute Gasteiger partial charge is 0.329 e. The molecule has 1 unspecified atom stereocenters. The molecule has 1 atom stereocenters. The molecule has 136 valence electrons. The van der Waals surface area contributed by atoms with Crippen molar-refractivity contribution in [3.8, 4) is 0 Å². The summed E-state index contributed by atoms with van der Waals surface area (Å²) in [5, 5.41) is 1.84. The number of Topliss-reactive ketones (excluding diaryl/α,β-unsaturated/α-hetero) is 1. The van der Waals surface area contributed by atoms with Crippen LogP contribution in [0.5, 0.6) is 0 Å². The molecule has 0 spiro atoms. The van der Waals surface area contributed by atoms with Crippen LogP contribution < -0.4 is 4.90 Å². The van der Waals surface area contributed by atoms with Gasteiger partial charge in [0.2, 0.25) is 11.8 Å². The molecule has 1 fully saturated rings. The highest BCUT2D eigenvalue weighted by Crippen LogP contribution is 2.22. The van der Waals surface area contributed by atoms with Crippen molar-refractivity contribution >= 4 is 34.6 Å². The molecule has 5 nitrogen and oxygen atoms in total. The molecule has 0 N–H and O–H groups in total. The lowest BCUT2D eigenvalue weighted by Crippen LogP contribution is -2.57. The predicted molar refractivity (Wildman–Crippen MR) is 103 cm³/mol. The van der Waals surface area contributed by atoms with E-state index in [1.54, 1.807) is 15.9 Å². The number of hydrogen-bond acceptors (Lipinski definition) is 4. The lowest BCUT2D eigenvalue weighted by atomic mass is 10.1. The standard InChI is InChI=1S/C20H22N2O3S/c1-13-5-4-6-17(7-13)22-10-14(2)21(11-20(22)25)19(24)9-16-8-18(15(3)23)26-12-16/h4-8,12,14H,9-11H2,1-3H3. The zero-order chi connectivity index (χ0) is 18.8. The molecular weight excluding hydrogens is 348 g/mol.